The molecule has 0 aliphatic rings. The lowest BCUT2D eigenvalue weighted by Crippen LogP contribution is -2.15. The molecule has 1 aromatic heterocycles. The van der Waals surface area contributed by atoms with Gasteiger partial charge < -0.3 is 15.0 Å². The lowest BCUT2D eigenvalue weighted by Gasteiger charge is -2.17. The van der Waals surface area contributed by atoms with Crippen LogP contribution in [-0.4, -0.2) is 23.3 Å². The molecular formula is C10H19N3O. The normalized spacial score (nSPS) is 15.4. The highest BCUT2D eigenvalue weighted by Gasteiger charge is 2.11. The first kappa shape index (κ1) is 11.2. The van der Waals surface area contributed by atoms with Gasteiger partial charge in [-0.05, 0) is 20.3 Å². The summed E-state index contributed by atoms with van der Waals surface area (Å²) in [4.78, 5) is 4.11. The van der Waals surface area contributed by atoms with Gasteiger partial charge in [-0.25, -0.2) is 4.98 Å². The molecule has 0 aliphatic heterocycles. The summed E-state index contributed by atoms with van der Waals surface area (Å²) in [5.74, 6) is 0. The van der Waals surface area contributed by atoms with Gasteiger partial charge in [-0.15, -0.1) is 0 Å². The van der Waals surface area contributed by atoms with E-state index in [1.54, 1.807) is 7.11 Å². The molecule has 0 aliphatic carbocycles. The van der Waals surface area contributed by atoms with Gasteiger partial charge in [-0.2, -0.15) is 0 Å². The largest absolute Gasteiger partial charge is 0.385 e. The average Bonchev–Trinajstić information content (AvgIpc) is 2.62. The van der Waals surface area contributed by atoms with Crippen LogP contribution < -0.4 is 5.73 Å². The number of aromatic nitrogens is 2. The first-order valence-electron chi connectivity index (χ1n) is 4.93. The van der Waals surface area contributed by atoms with Crippen LogP contribution in [0.15, 0.2) is 12.5 Å². The SMILES string of the molecule is COCCC(C)n1cncc1[C@@H](C)N. The Balaban J connectivity index is 2.68. The highest BCUT2D eigenvalue weighted by Crippen LogP contribution is 2.17. The van der Waals surface area contributed by atoms with E-state index in [-0.39, 0.29) is 6.04 Å². The third-order valence-corrected chi connectivity index (χ3v) is 2.38. The van der Waals surface area contributed by atoms with E-state index in [1.165, 1.54) is 0 Å². The number of hydrogen-bond donors (Lipinski definition) is 1. The van der Waals surface area contributed by atoms with E-state index in [1.807, 2.05) is 19.4 Å². The molecule has 0 bridgehead atoms. The second-order valence-corrected chi connectivity index (χ2v) is 3.64. The Morgan fingerprint density at radius 1 is 1.57 bits per heavy atom. The molecule has 0 radical (unpaired) electrons. The number of nitrogens with two attached hydrogens (primary N) is 1. The Morgan fingerprint density at radius 3 is 2.86 bits per heavy atom. The van der Waals surface area contributed by atoms with E-state index in [0.29, 0.717) is 6.04 Å². The lowest BCUT2D eigenvalue weighted by molar-refractivity contribution is 0.180. The van der Waals surface area contributed by atoms with Crippen molar-refractivity contribution in [2.24, 2.45) is 5.73 Å². The van der Waals surface area contributed by atoms with Gasteiger partial charge in [0.1, 0.15) is 0 Å². The maximum absolute atomic E-state index is 5.83. The molecule has 0 amide bonds. The minimum atomic E-state index is 0.0301. The van der Waals surface area contributed by atoms with E-state index in [0.717, 1.165) is 18.7 Å². The summed E-state index contributed by atoms with van der Waals surface area (Å²) < 4.78 is 7.16. The molecule has 1 unspecified atom stereocenters. The van der Waals surface area contributed by atoms with Crippen LogP contribution in [0, 0.1) is 0 Å². The summed E-state index contributed by atoms with van der Waals surface area (Å²) in [5, 5.41) is 0. The Bertz CT molecular complexity index is 270. The molecule has 1 aromatic rings. The number of nitrogens with zero attached hydrogens (tertiary/aromatic N) is 2. The Morgan fingerprint density at radius 2 is 2.29 bits per heavy atom. The molecule has 0 saturated heterocycles. The summed E-state index contributed by atoms with van der Waals surface area (Å²) in [6.07, 6.45) is 4.64. The van der Waals surface area contributed by atoms with Gasteiger partial charge in [0.05, 0.1) is 12.0 Å². The van der Waals surface area contributed by atoms with Crippen LogP contribution in [0.25, 0.3) is 0 Å². The molecule has 1 heterocycles. The van der Waals surface area contributed by atoms with Crippen LogP contribution in [0.2, 0.25) is 0 Å². The first-order valence-corrected chi connectivity index (χ1v) is 4.93. The Hall–Kier alpha value is -0.870. The molecular weight excluding hydrogens is 178 g/mol. The van der Waals surface area contributed by atoms with Gasteiger partial charge in [-0.3, -0.25) is 0 Å². The van der Waals surface area contributed by atoms with Crippen molar-refractivity contribution >= 4 is 0 Å². The van der Waals surface area contributed by atoms with Crippen molar-refractivity contribution in [1.82, 2.24) is 9.55 Å². The van der Waals surface area contributed by atoms with Gasteiger partial charge >= 0.3 is 0 Å². The molecule has 4 heteroatoms. The zero-order valence-electron chi connectivity index (χ0n) is 9.10. The highest BCUT2D eigenvalue weighted by molar-refractivity contribution is 5.04. The topological polar surface area (TPSA) is 53.1 Å². The minimum absolute atomic E-state index is 0.0301. The van der Waals surface area contributed by atoms with Gasteiger partial charge in [0, 0.05) is 32.0 Å². The summed E-state index contributed by atoms with van der Waals surface area (Å²) in [5.41, 5.74) is 6.91. The molecule has 0 spiro atoms. The zero-order valence-corrected chi connectivity index (χ0v) is 9.10. The minimum Gasteiger partial charge on any atom is -0.385 e. The van der Waals surface area contributed by atoms with Crippen molar-refractivity contribution in [3.63, 3.8) is 0 Å². The molecule has 4 nitrogen and oxygen atoms in total. The highest BCUT2D eigenvalue weighted by atomic mass is 16.5. The molecule has 0 aromatic carbocycles. The predicted octanol–water partition coefficient (Wildman–Crippen LogP) is 1.50. The van der Waals surface area contributed by atoms with Gasteiger partial charge in [0.2, 0.25) is 0 Å². The van der Waals surface area contributed by atoms with Gasteiger partial charge in [-0.1, -0.05) is 0 Å². The second-order valence-electron chi connectivity index (χ2n) is 3.64. The van der Waals surface area contributed by atoms with Crippen molar-refractivity contribution in [1.29, 1.82) is 0 Å². The molecule has 0 saturated carbocycles. The number of rotatable bonds is 5. The van der Waals surface area contributed by atoms with Crippen LogP contribution in [0.4, 0.5) is 0 Å². The summed E-state index contributed by atoms with van der Waals surface area (Å²) in [6, 6.07) is 0.418. The molecule has 2 atom stereocenters. The number of hydrogen-bond acceptors (Lipinski definition) is 3. The van der Waals surface area contributed by atoms with E-state index < -0.39 is 0 Å². The number of methoxy groups -OCH3 is 1. The average molecular weight is 197 g/mol. The van der Waals surface area contributed by atoms with Crippen LogP contribution in [0.1, 0.15) is 38.0 Å². The number of imidazole rings is 1. The van der Waals surface area contributed by atoms with Crippen molar-refractivity contribution < 1.29 is 4.74 Å². The molecule has 0 fully saturated rings. The van der Waals surface area contributed by atoms with E-state index in [4.69, 9.17) is 10.5 Å². The molecule has 14 heavy (non-hydrogen) atoms. The fourth-order valence-electron chi connectivity index (χ4n) is 1.46. The van der Waals surface area contributed by atoms with E-state index in [9.17, 15) is 0 Å². The van der Waals surface area contributed by atoms with Crippen LogP contribution in [0.3, 0.4) is 0 Å². The number of ether oxygens (including phenoxy) is 1. The summed E-state index contributed by atoms with van der Waals surface area (Å²) >= 11 is 0. The van der Waals surface area contributed by atoms with Crippen molar-refractivity contribution in [2.75, 3.05) is 13.7 Å². The molecule has 1 rings (SSSR count). The maximum atomic E-state index is 5.83. The summed E-state index contributed by atoms with van der Waals surface area (Å²) in [6.45, 7) is 4.88. The monoisotopic (exact) mass is 197 g/mol. The zero-order chi connectivity index (χ0) is 10.6. The van der Waals surface area contributed by atoms with Crippen LogP contribution >= 0.6 is 0 Å². The smallest absolute Gasteiger partial charge is 0.0951 e. The van der Waals surface area contributed by atoms with E-state index in [2.05, 4.69) is 16.5 Å². The molecule has 80 valence electrons. The molecule has 2 N–H and O–H groups in total. The lowest BCUT2D eigenvalue weighted by atomic mass is 10.2. The van der Waals surface area contributed by atoms with Crippen molar-refractivity contribution in [2.45, 2.75) is 32.4 Å². The van der Waals surface area contributed by atoms with Gasteiger partial charge in [0.25, 0.3) is 0 Å². The van der Waals surface area contributed by atoms with Crippen molar-refractivity contribution in [3.8, 4) is 0 Å². The van der Waals surface area contributed by atoms with Crippen molar-refractivity contribution in [3.05, 3.63) is 18.2 Å². The standard InChI is InChI=1S/C10H19N3O/c1-8(4-5-14-3)13-7-12-6-10(13)9(2)11/h6-9H,4-5,11H2,1-3H3/t8?,9-/m1/s1. The van der Waals surface area contributed by atoms with Gasteiger partial charge in [0.15, 0.2) is 0 Å². The maximum Gasteiger partial charge on any atom is 0.0951 e. The Labute approximate surface area is 85.1 Å². The van der Waals surface area contributed by atoms with Crippen LogP contribution in [-0.2, 0) is 4.74 Å². The fourth-order valence-corrected chi connectivity index (χ4v) is 1.46. The first-order chi connectivity index (χ1) is 6.66. The Kier molecular flexibility index (Phi) is 4.10. The van der Waals surface area contributed by atoms with E-state index >= 15 is 0 Å². The second kappa shape index (κ2) is 5.12. The predicted molar refractivity (Wildman–Crippen MR) is 56.0 cm³/mol. The van der Waals surface area contributed by atoms with Crippen LogP contribution in [0.5, 0.6) is 0 Å². The fraction of sp³-hybridized carbons (Fsp3) is 0.700. The summed E-state index contributed by atoms with van der Waals surface area (Å²) in [7, 11) is 1.72. The quantitative estimate of drug-likeness (QED) is 0.778. The third-order valence-electron chi connectivity index (χ3n) is 2.38. The third kappa shape index (κ3) is 2.56.